The molecule has 0 spiro atoms. The van der Waals surface area contributed by atoms with E-state index in [1.165, 1.54) is 11.0 Å². The number of hydrogen-bond donors (Lipinski definition) is 1. The van der Waals surface area contributed by atoms with E-state index < -0.39 is 35.6 Å². The molecule has 3 aromatic rings. The van der Waals surface area contributed by atoms with Gasteiger partial charge in [-0.3, -0.25) is 4.79 Å². The van der Waals surface area contributed by atoms with Crippen molar-refractivity contribution in [1.82, 2.24) is 19.6 Å². The highest BCUT2D eigenvalue weighted by atomic mass is 19.1. The number of nitrogens with one attached hydrogen (secondary N) is 1. The Kier molecular flexibility index (Phi) is 7.74. The molecule has 0 unspecified atom stereocenters. The molecule has 194 valence electrons. The number of pyridine rings is 1. The van der Waals surface area contributed by atoms with Crippen molar-refractivity contribution < 1.29 is 23.5 Å². The van der Waals surface area contributed by atoms with Gasteiger partial charge >= 0.3 is 6.09 Å². The Morgan fingerprint density at radius 2 is 2.05 bits per heavy atom. The van der Waals surface area contributed by atoms with Crippen molar-refractivity contribution in [3.63, 3.8) is 0 Å². The van der Waals surface area contributed by atoms with E-state index in [4.69, 9.17) is 9.47 Å². The number of ether oxygens (including phenoxy) is 2. The average molecular weight is 508 g/mol. The fraction of sp³-hybridized carbons (Fsp3) is 0.407. The van der Waals surface area contributed by atoms with Gasteiger partial charge in [0.25, 0.3) is 5.91 Å². The maximum atomic E-state index is 15.0. The van der Waals surface area contributed by atoms with Crippen LogP contribution < -0.4 is 5.32 Å². The summed E-state index contributed by atoms with van der Waals surface area (Å²) in [5, 5.41) is 12.3. The molecular formula is C27H30FN5O4. The second-order valence-corrected chi connectivity index (χ2v) is 9.95. The molecule has 1 N–H and O–H groups in total. The second-order valence-electron chi connectivity index (χ2n) is 9.95. The van der Waals surface area contributed by atoms with E-state index in [0.717, 1.165) is 11.2 Å². The highest BCUT2D eigenvalue weighted by Gasteiger charge is 2.31. The fourth-order valence-corrected chi connectivity index (χ4v) is 4.07. The zero-order valence-corrected chi connectivity index (χ0v) is 21.1. The third-order valence-corrected chi connectivity index (χ3v) is 5.90. The molecule has 2 aromatic heterocycles. The van der Waals surface area contributed by atoms with E-state index >= 15 is 0 Å². The van der Waals surface area contributed by atoms with E-state index in [1.807, 2.05) is 35.0 Å². The number of fused-ring (bicyclic) bond motifs is 1. The number of imidazole rings is 1. The molecule has 2 amide bonds. The van der Waals surface area contributed by atoms with Crippen LogP contribution in [0, 0.1) is 17.1 Å². The first-order valence-corrected chi connectivity index (χ1v) is 12.1. The number of hydrogen-bond acceptors (Lipinski definition) is 6. The minimum atomic E-state index is -0.976. The molecule has 2 atom stereocenters. The monoisotopic (exact) mass is 507 g/mol. The number of carbonyl (C=O) groups is 2. The van der Waals surface area contributed by atoms with E-state index in [9.17, 15) is 19.2 Å². The van der Waals surface area contributed by atoms with Gasteiger partial charge < -0.3 is 24.1 Å². The average Bonchev–Trinajstić information content (AvgIpc) is 3.17. The zero-order chi connectivity index (χ0) is 26.6. The van der Waals surface area contributed by atoms with Crippen LogP contribution in [0.2, 0.25) is 0 Å². The van der Waals surface area contributed by atoms with Crippen molar-refractivity contribution in [3.05, 3.63) is 60.3 Å². The van der Waals surface area contributed by atoms with Crippen LogP contribution in [-0.2, 0) is 20.7 Å². The number of benzene rings is 1. The molecule has 37 heavy (non-hydrogen) atoms. The predicted molar refractivity (Wildman–Crippen MR) is 134 cm³/mol. The molecule has 1 fully saturated rings. The summed E-state index contributed by atoms with van der Waals surface area (Å²) in [6.07, 6.45) is 4.41. The van der Waals surface area contributed by atoms with Crippen molar-refractivity contribution in [1.29, 1.82) is 5.26 Å². The van der Waals surface area contributed by atoms with Crippen molar-refractivity contribution in [2.45, 2.75) is 51.4 Å². The van der Waals surface area contributed by atoms with Gasteiger partial charge in [0.05, 0.1) is 12.6 Å². The van der Waals surface area contributed by atoms with Gasteiger partial charge in [-0.25, -0.2) is 14.2 Å². The number of carbonyl (C=O) groups excluding carboxylic acids is 2. The molecule has 9 nitrogen and oxygen atoms in total. The fourth-order valence-electron chi connectivity index (χ4n) is 4.07. The van der Waals surface area contributed by atoms with Crippen LogP contribution in [0.1, 0.15) is 32.8 Å². The summed E-state index contributed by atoms with van der Waals surface area (Å²) in [5.74, 6) is -1.01. The van der Waals surface area contributed by atoms with Crippen LogP contribution in [-0.4, -0.2) is 63.7 Å². The Morgan fingerprint density at radius 3 is 2.78 bits per heavy atom. The van der Waals surface area contributed by atoms with Gasteiger partial charge in [0.1, 0.15) is 23.1 Å². The van der Waals surface area contributed by atoms with Crippen molar-refractivity contribution in [2.24, 2.45) is 0 Å². The molecule has 1 aromatic carbocycles. The lowest BCUT2D eigenvalue weighted by Gasteiger charge is -2.27. The van der Waals surface area contributed by atoms with Crippen LogP contribution in [0.25, 0.3) is 16.8 Å². The summed E-state index contributed by atoms with van der Waals surface area (Å²) < 4.78 is 27.9. The summed E-state index contributed by atoms with van der Waals surface area (Å²) in [4.78, 5) is 31.1. The quantitative estimate of drug-likeness (QED) is 0.564. The summed E-state index contributed by atoms with van der Waals surface area (Å²) in [7, 11) is 0. The number of amides is 2. The molecule has 4 rings (SSSR count). The lowest BCUT2D eigenvalue weighted by atomic mass is 10.0. The number of halogens is 1. The molecule has 0 bridgehead atoms. The lowest BCUT2D eigenvalue weighted by Crippen LogP contribution is -2.48. The third kappa shape index (κ3) is 6.62. The Bertz CT molecular complexity index is 1330. The highest BCUT2D eigenvalue weighted by molar-refractivity contribution is 5.82. The maximum absolute atomic E-state index is 15.0. The summed E-state index contributed by atoms with van der Waals surface area (Å²) in [6.45, 7) is 5.99. The van der Waals surface area contributed by atoms with Crippen molar-refractivity contribution >= 4 is 17.6 Å². The Balaban J connectivity index is 1.40. The normalized spacial score (nSPS) is 17.1. The third-order valence-electron chi connectivity index (χ3n) is 5.90. The number of rotatable bonds is 5. The van der Waals surface area contributed by atoms with Gasteiger partial charge in [-0.05, 0) is 62.1 Å². The molecule has 1 aliphatic rings. The summed E-state index contributed by atoms with van der Waals surface area (Å²) in [6, 6.07) is 9.58. The predicted octanol–water partition coefficient (Wildman–Crippen LogP) is 3.72. The maximum Gasteiger partial charge on any atom is 0.410 e. The first kappa shape index (κ1) is 26.1. The molecule has 10 heteroatoms. The number of nitriles is 1. The number of aromatic nitrogens is 2. The SMILES string of the molecule is CC(C)(C)OC(=O)N1CCCO[C@H](C(=O)N[C@H](C#N)Cc2ccc(-c3ccn4ccnc4c3)cc2F)C1. The molecular weight excluding hydrogens is 477 g/mol. The Morgan fingerprint density at radius 1 is 1.27 bits per heavy atom. The second kappa shape index (κ2) is 11.0. The van der Waals surface area contributed by atoms with E-state index in [2.05, 4.69) is 10.3 Å². The molecule has 1 saturated heterocycles. The highest BCUT2D eigenvalue weighted by Crippen LogP contribution is 2.24. The van der Waals surface area contributed by atoms with Crippen LogP contribution >= 0.6 is 0 Å². The standard InChI is InChI=1S/C27H30FN5O4/c1-27(2,3)37-26(35)33-9-4-12-36-23(17-33)25(34)31-21(16-29)13-20-6-5-18(14-22(20)28)19-7-10-32-11-8-30-24(32)15-19/h5-8,10-11,14-15,21,23H,4,9,12-13,17H2,1-3H3,(H,31,34)/t21-,23-/m0/s1. The summed E-state index contributed by atoms with van der Waals surface area (Å²) >= 11 is 0. The lowest BCUT2D eigenvalue weighted by molar-refractivity contribution is -0.133. The van der Waals surface area contributed by atoms with E-state index in [1.54, 1.807) is 39.1 Å². The number of nitrogens with zero attached hydrogens (tertiary/aromatic N) is 4. The smallest absolute Gasteiger partial charge is 0.410 e. The van der Waals surface area contributed by atoms with Crippen molar-refractivity contribution in [3.8, 4) is 17.2 Å². The first-order valence-electron chi connectivity index (χ1n) is 12.1. The molecule has 0 aliphatic carbocycles. The largest absolute Gasteiger partial charge is 0.444 e. The molecule has 3 heterocycles. The van der Waals surface area contributed by atoms with Crippen LogP contribution in [0.5, 0.6) is 0 Å². The minimum Gasteiger partial charge on any atom is -0.444 e. The van der Waals surface area contributed by atoms with Gasteiger partial charge in [0.2, 0.25) is 0 Å². The first-order chi connectivity index (χ1) is 17.6. The minimum absolute atomic E-state index is 0.00280. The zero-order valence-electron chi connectivity index (χ0n) is 21.1. The summed E-state index contributed by atoms with van der Waals surface area (Å²) in [5.41, 5.74) is 1.88. The van der Waals surface area contributed by atoms with E-state index in [0.29, 0.717) is 24.1 Å². The van der Waals surface area contributed by atoms with E-state index in [-0.39, 0.29) is 19.6 Å². The molecule has 0 radical (unpaired) electrons. The van der Waals surface area contributed by atoms with Crippen LogP contribution in [0.3, 0.4) is 0 Å². The van der Waals surface area contributed by atoms with Gasteiger partial charge in [-0.1, -0.05) is 12.1 Å². The van der Waals surface area contributed by atoms with Crippen LogP contribution in [0.4, 0.5) is 9.18 Å². The van der Waals surface area contributed by atoms with Gasteiger partial charge in [0, 0.05) is 38.2 Å². The van der Waals surface area contributed by atoms with Crippen LogP contribution in [0.15, 0.2) is 48.9 Å². The Hall–Kier alpha value is -3.97. The van der Waals surface area contributed by atoms with Gasteiger partial charge in [-0.15, -0.1) is 0 Å². The molecule has 0 saturated carbocycles. The van der Waals surface area contributed by atoms with Crippen molar-refractivity contribution in [2.75, 3.05) is 19.7 Å². The van der Waals surface area contributed by atoms with Gasteiger partial charge in [0.15, 0.2) is 6.10 Å². The topological polar surface area (TPSA) is 109 Å². The van der Waals surface area contributed by atoms with Gasteiger partial charge in [-0.2, -0.15) is 5.26 Å². The Labute approximate surface area is 214 Å². The molecule has 1 aliphatic heterocycles.